The third-order valence-electron chi connectivity index (χ3n) is 1.61. The summed E-state index contributed by atoms with van der Waals surface area (Å²) in [5.74, 6) is 0. The number of rotatable bonds is 0. The average Bonchev–Trinajstić information content (AvgIpc) is 2.07. The fourth-order valence-corrected chi connectivity index (χ4v) is 1.13. The fraction of sp³-hybridized carbons (Fsp3) is 0.125. The van der Waals surface area contributed by atoms with Gasteiger partial charge in [0, 0.05) is 0 Å². The molecule has 0 fully saturated rings. The van der Waals surface area contributed by atoms with E-state index < -0.39 is 17.4 Å². The maximum absolute atomic E-state index is 12.2. The van der Waals surface area contributed by atoms with Crippen LogP contribution >= 0.6 is 11.6 Å². The van der Waals surface area contributed by atoms with Gasteiger partial charge in [0.25, 0.3) is 0 Å². The Morgan fingerprint density at radius 2 is 1.93 bits per heavy atom. The summed E-state index contributed by atoms with van der Waals surface area (Å²) in [6.45, 7) is 0. The van der Waals surface area contributed by atoms with E-state index >= 15 is 0 Å². The smallest absolute Gasteiger partial charge is 0.397 e. The van der Waals surface area contributed by atoms with Crippen molar-refractivity contribution in [1.29, 1.82) is 5.26 Å². The summed E-state index contributed by atoms with van der Waals surface area (Å²) in [4.78, 5) is 0. The van der Waals surface area contributed by atoms with Crippen LogP contribution in [0.5, 0.6) is 0 Å². The zero-order valence-corrected chi connectivity index (χ0v) is 7.45. The van der Waals surface area contributed by atoms with E-state index in [1.807, 2.05) is 0 Å². The van der Waals surface area contributed by atoms with E-state index in [-0.39, 0.29) is 10.6 Å². The molecule has 1 aromatic carbocycles. The predicted molar refractivity (Wildman–Crippen MR) is 45.6 cm³/mol. The number of halogens is 4. The van der Waals surface area contributed by atoms with Crippen molar-refractivity contribution in [1.82, 2.24) is 0 Å². The first-order valence-corrected chi connectivity index (χ1v) is 3.81. The maximum atomic E-state index is 12.2. The van der Waals surface area contributed by atoms with Crippen LogP contribution in [0.3, 0.4) is 0 Å². The van der Waals surface area contributed by atoms with Crippen LogP contribution in [0.15, 0.2) is 12.1 Å². The highest BCUT2D eigenvalue weighted by molar-refractivity contribution is 6.34. The van der Waals surface area contributed by atoms with Gasteiger partial charge in [-0.3, -0.25) is 0 Å². The van der Waals surface area contributed by atoms with Crippen LogP contribution in [0.25, 0.3) is 0 Å². The Labute approximate surface area is 82.7 Å². The van der Waals surface area contributed by atoms with E-state index in [1.165, 1.54) is 0 Å². The van der Waals surface area contributed by atoms with Gasteiger partial charge < -0.3 is 5.73 Å². The van der Waals surface area contributed by atoms with Gasteiger partial charge >= 0.3 is 6.18 Å². The molecular weight excluding hydrogens is 217 g/mol. The monoisotopic (exact) mass is 220 g/mol. The normalized spacial score (nSPS) is 11.1. The summed E-state index contributed by atoms with van der Waals surface area (Å²) in [5.41, 5.74) is 3.43. The second kappa shape index (κ2) is 3.39. The van der Waals surface area contributed by atoms with Crippen LogP contribution in [0, 0.1) is 11.3 Å². The number of hydrogen-bond acceptors (Lipinski definition) is 2. The van der Waals surface area contributed by atoms with Crippen LogP contribution in [0.2, 0.25) is 5.02 Å². The van der Waals surface area contributed by atoms with Crippen molar-refractivity contribution in [3.05, 3.63) is 28.3 Å². The minimum Gasteiger partial charge on any atom is -0.397 e. The van der Waals surface area contributed by atoms with Crippen molar-refractivity contribution in [3.63, 3.8) is 0 Å². The highest BCUT2D eigenvalue weighted by Crippen LogP contribution is 2.37. The zero-order valence-electron chi connectivity index (χ0n) is 6.69. The van der Waals surface area contributed by atoms with Crippen molar-refractivity contribution in [3.8, 4) is 6.07 Å². The van der Waals surface area contributed by atoms with Gasteiger partial charge in [-0.25, -0.2) is 0 Å². The lowest BCUT2D eigenvalue weighted by Crippen LogP contribution is -2.09. The quantitative estimate of drug-likeness (QED) is 0.684. The number of benzene rings is 1. The van der Waals surface area contributed by atoms with E-state index in [1.54, 1.807) is 6.07 Å². The molecule has 0 radical (unpaired) electrons. The molecule has 74 valence electrons. The van der Waals surface area contributed by atoms with Crippen molar-refractivity contribution < 1.29 is 13.2 Å². The van der Waals surface area contributed by atoms with Crippen molar-refractivity contribution in [2.75, 3.05) is 5.73 Å². The summed E-state index contributed by atoms with van der Waals surface area (Å²) in [6, 6.07) is 3.36. The second-order valence-corrected chi connectivity index (χ2v) is 2.88. The highest BCUT2D eigenvalue weighted by atomic mass is 35.5. The first kappa shape index (κ1) is 10.7. The Morgan fingerprint density at radius 1 is 1.36 bits per heavy atom. The van der Waals surface area contributed by atoms with Crippen molar-refractivity contribution >= 4 is 17.3 Å². The van der Waals surface area contributed by atoms with E-state index in [4.69, 9.17) is 22.6 Å². The molecule has 6 heteroatoms. The first-order valence-electron chi connectivity index (χ1n) is 3.43. The molecule has 0 saturated carbocycles. The molecular formula is C8H4ClF3N2. The van der Waals surface area contributed by atoms with Gasteiger partial charge in [0.1, 0.15) is 6.07 Å². The summed E-state index contributed by atoms with van der Waals surface area (Å²) >= 11 is 5.46. The summed E-state index contributed by atoms with van der Waals surface area (Å²) in [5, 5.41) is 8.11. The largest absolute Gasteiger partial charge is 0.418 e. The third kappa shape index (κ3) is 1.75. The van der Waals surface area contributed by atoms with Gasteiger partial charge in [-0.15, -0.1) is 0 Å². The molecule has 0 aliphatic rings. The summed E-state index contributed by atoms with van der Waals surface area (Å²) in [6.07, 6.45) is -4.55. The van der Waals surface area contributed by atoms with Gasteiger partial charge in [-0.2, -0.15) is 18.4 Å². The molecule has 2 nitrogen and oxygen atoms in total. The topological polar surface area (TPSA) is 49.8 Å². The lowest BCUT2D eigenvalue weighted by Gasteiger charge is -2.11. The number of nitriles is 1. The molecule has 1 rings (SSSR count). The Kier molecular flexibility index (Phi) is 2.58. The number of alkyl halides is 3. The van der Waals surface area contributed by atoms with Crippen molar-refractivity contribution in [2.45, 2.75) is 6.18 Å². The molecule has 0 unspecified atom stereocenters. The number of nitrogens with zero attached hydrogens (tertiary/aromatic N) is 1. The first-order chi connectivity index (χ1) is 6.38. The zero-order chi connectivity index (χ0) is 10.9. The van der Waals surface area contributed by atoms with Crippen LogP contribution < -0.4 is 5.73 Å². The minimum atomic E-state index is -4.55. The van der Waals surface area contributed by atoms with E-state index in [2.05, 4.69) is 0 Å². The predicted octanol–water partition coefficient (Wildman–Crippen LogP) is 2.81. The molecule has 0 spiro atoms. The molecule has 0 aromatic heterocycles. The molecule has 14 heavy (non-hydrogen) atoms. The SMILES string of the molecule is N#Cc1ccc(C(F)(F)F)c(N)c1Cl. The Bertz CT molecular complexity index is 406. The van der Waals surface area contributed by atoms with Gasteiger partial charge in [0.05, 0.1) is 21.8 Å². The van der Waals surface area contributed by atoms with Crippen LogP contribution in [0.4, 0.5) is 18.9 Å². The van der Waals surface area contributed by atoms with Crippen molar-refractivity contribution in [2.24, 2.45) is 0 Å². The Morgan fingerprint density at radius 3 is 2.36 bits per heavy atom. The van der Waals surface area contributed by atoms with E-state index in [0.29, 0.717) is 0 Å². The molecule has 1 aromatic rings. The third-order valence-corrected chi connectivity index (χ3v) is 2.01. The molecule has 0 atom stereocenters. The Balaban J connectivity index is 3.41. The van der Waals surface area contributed by atoms with E-state index in [0.717, 1.165) is 12.1 Å². The number of hydrogen-bond donors (Lipinski definition) is 1. The lowest BCUT2D eigenvalue weighted by molar-refractivity contribution is -0.136. The molecule has 0 aliphatic carbocycles. The molecule has 2 N–H and O–H groups in total. The molecule has 0 heterocycles. The van der Waals surface area contributed by atoms with E-state index in [9.17, 15) is 13.2 Å². The highest BCUT2D eigenvalue weighted by Gasteiger charge is 2.34. The molecule has 0 aliphatic heterocycles. The second-order valence-electron chi connectivity index (χ2n) is 2.50. The molecule has 0 bridgehead atoms. The van der Waals surface area contributed by atoms with Crippen LogP contribution in [-0.2, 0) is 6.18 Å². The van der Waals surface area contributed by atoms with Gasteiger partial charge in [0.15, 0.2) is 0 Å². The van der Waals surface area contributed by atoms with Gasteiger partial charge in [-0.1, -0.05) is 11.6 Å². The molecule has 0 amide bonds. The standard InChI is InChI=1S/C8H4ClF3N2/c9-6-4(3-13)1-2-5(7(6)14)8(10,11)12/h1-2H,14H2. The van der Waals surface area contributed by atoms with Gasteiger partial charge in [0.2, 0.25) is 0 Å². The van der Waals surface area contributed by atoms with Gasteiger partial charge in [-0.05, 0) is 12.1 Å². The van der Waals surface area contributed by atoms with Crippen LogP contribution in [-0.4, -0.2) is 0 Å². The molecule has 0 saturated heterocycles. The summed E-state index contributed by atoms with van der Waals surface area (Å²) < 4.78 is 36.7. The lowest BCUT2D eigenvalue weighted by atomic mass is 10.1. The maximum Gasteiger partial charge on any atom is 0.418 e. The summed E-state index contributed by atoms with van der Waals surface area (Å²) in [7, 11) is 0. The van der Waals surface area contributed by atoms with Crippen LogP contribution in [0.1, 0.15) is 11.1 Å². The Hall–Kier alpha value is -1.41. The number of anilines is 1. The number of nitrogen functional groups attached to an aromatic ring is 1. The average molecular weight is 221 g/mol. The minimum absolute atomic E-state index is 0.0721. The number of nitrogens with two attached hydrogens (primary N) is 1. The fourth-order valence-electron chi connectivity index (χ4n) is 0.926.